The summed E-state index contributed by atoms with van der Waals surface area (Å²) in [4.78, 5) is 11.6. The van der Waals surface area contributed by atoms with Crippen LogP contribution >= 0.6 is 0 Å². The van der Waals surface area contributed by atoms with Crippen molar-refractivity contribution in [1.82, 2.24) is 0 Å². The normalized spacial score (nSPS) is 14.2. The number of aliphatic hydroxyl groups excluding tert-OH is 1. The maximum absolute atomic E-state index is 11.6. The van der Waals surface area contributed by atoms with Crippen LogP contribution in [0.3, 0.4) is 0 Å². The second kappa shape index (κ2) is 5.09. The molecule has 2 N–H and O–H groups in total. The molecule has 0 bridgehead atoms. The highest BCUT2D eigenvalue weighted by atomic mass is 16.6. The van der Waals surface area contributed by atoms with Crippen LogP contribution in [0.25, 0.3) is 0 Å². The summed E-state index contributed by atoms with van der Waals surface area (Å²) in [7, 11) is 0. The summed E-state index contributed by atoms with van der Waals surface area (Å²) in [5, 5.41) is 19.4. The van der Waals surface area contributed by atoms with Gasteiger partial charge in [-0.3, -0.25) is 0 Å². The maximum Gasteiger partial charge on any atom is 0.345 e. The Morgan fingerprint density at radius 3 is 2.56 bits per heavy atom. The second-order valence-electron chi connectivity index (χ2n) is 3.55. The molecule has 1 unspecified atom stereocenters. The van der Waals surface area contributed by atoms with Gasteiger partial charge in [-0.05, 0) is 19.4 Å². The number of hydrogen-bond donors (Lipinski definition) is 2. The van der Waals surface area contributed by atoms with E-state index in [9.17, 15) is 15.0 Å². The van der Waals surface area contributed by atoms with E-state index in [2.05, 4.69) is 0 Å². The first-order valence-corrected chi connectivity index (χ1v) is 5.12. The molecule has 4 nitrogen and oxygen atoms in total. The van der Waals surface area contributed by atoms with Crippen LogP contribution in [0.4, 0.5) is 0 Å². The number of aliphatic hydroxyl groups is 2. The van der Waals surface area contributed by atoms with Crippen LogP contribution in [0.15, 0.2) is 24.3 Å². The fraction of sp³-hybridized carbons (Fsp3) is 0.417. The quantitative estimate of drug-likeness (QED) is 0.740. The minimum Gasteiger partial charge on any atom is -0.464 e. The molecule has 0 aromatic heterocycles. The van der Waals surface area contributed by atoms with Gasteiger partial charge in [-0.1, -0.05) is 24.3 Å². The molecule has 0 fully saturated rings. The fourth-order valence-corrected chi connectivity index (χ4v) is 1.55. The summed E-state index contributed by atoms with van der Waals surface area (Å²) in [5.41, 5.74) is -0.871. The van der Waals surface area contributed by atoms with E-state index >= 15 is 0 Å². The predicted octanol–water partition coefficient (Wildman–Crippen LogP) is 0.738. The Bertz CT molecular complexity index is 375. The number of carbonyl (C=O) groups excluding carboxylic acids is 1. The lowest BCUT2D eigenvalue weighted by Gasteiger charge is -2.25. The van der Waals surface area contributed by atoms with Crippen LogP contribution in [-0.4, -0.2) is 29.4 Å². The molecule has 1 atom stereocenters. The Balaban J connectivity index is 3.14. The highest BCUT2D eigenvalue weighted by molar-refractivity contribution is 5.81. The van der Waals surface area contributed by atoms with Crippen molar-refractivity contribution >= 4 is 5.97 Å². The second-order valence-corrected chi connectivity index (χ2v) is 3.55. The molecule has 16 heavy (non-hydrogen) atoms. The topological polar surface area (TPSA) is 66.8 Å². The van der Waals surface area contributed by atoms with Gasteiger partial charge in [0.1, 0.15) is 0 Å². The van der Waals surface area contributed by atoms with Crippen LogP contribution in [0.1, 0.15) is 18.1 Å². The molecule has 0 aliphatic carbocycles. The summed E-state index contributed by atoms with van der Waals surface area (Å²) in [6.45, 7) is 2.87. The van der Waals surface area contributed by atoms with Crippen molar-refractivity contribution in [1.29, 1.82) is 0 Å². The third-order valence-corrected chi connectivity index (χ3v) is 2.43. The smallest absolute Gasteiger partial charge is 0.345 e. The molecule has 0 saturated carbocycles. The fourth-order valence-electron chi connectivity index (χ4n) is 1.55. The van der Waals surface area contributed by atoms with Crippen molar-refractivity contribution in [3.05, 3.63) is 35.4 Å². The molecular weight excluding hydrogens is 208 g/mol. The summed E-state index contributed by atoms with van der Waals surface area (Å²) < 4.78 is 4.76. The Kier molecular flexibility index (Phi) is 4.04. The van der Waals surface area contributed by atoms with Gasteiger partial charge in [-0.15, -0.1) is 0 Å². The van der Waals surface area contributed by atoms with E-state index in [4.69, 9.17) is 4.74 Å². The van der Waals surface area contributed by atoms with Crippen molar-refractivity contribution in [2.45, 2.75) is 19.4 Å². The van der Waals surface area contributed by atoms with Gasteiger partial charge in [0.05, 0.1) is 13.2 Å². The summed E-state index contributed by atoms with van der Waals surface area (Å²) in [5.74, 6) is -0.827. The number of ether oxygens (including phenoxy) is 1. The van der Waals surface area contributed by atoms with Crippen molar-refractivity contribution < 1.29 is 19.7 Å². The number of hydrogen-bond acceptors (Lipinski definition) is 4. The lowest BCUT2D eigenvalue weighted by Crippen LogP contribution is -2.41. The molecule has 1 rings (SSSR count). The monoisotopic (exact) mass is 224 g/mol. The van der Waals surface area contributed by atoms with Gasteiger partial charge >= 0.3 is 5.97 Å². The highest BCUT2D eigenvalue weighted by Crippen LogP contribution is 2.25. The Morgan fingerprint density at radius 1 is 1.44 bits per heavy atom. The summed E-state index contributed by atoms with van der Waals surface area (Å²) in [6.07, 6.45) is 0. The SMILES string of the molecule is CCOC(=O)C(O)(CO)c1ccccc1C. The van der Waals surface area contributed by atoms with E-state index in [1.807, 2.05) is 0 Å². The zero-order valence-corrected chi connectivity index (χ0v) is 9.43. The van der Waals surface area contributed by atoms with E-state index in [0.717, 1.165) is 5.56 Å². The standard InChI is InChI=1S/C12H16O4/c1-3-16-11(14)12(15,8-13)10-7-5-4-6-9(10)2/h4-7,13,15H,3,8H2,1-2H3. The van der Waals surface area contributed by atoms with E-state index in [-0.39, 0.29) is 6.61 Å². The van der Waals surface area contributed by atoms with E-state index in [0.29, 0.717) is 5.56 Å². The van der Waals surface area contributed by atoms with Crippen molar-refractivity contribution in [2.24, 2.45) is 0 Å². The molecule has 4 heteroatoms. The summed E-state index contributed by atoms with van der Waals surface area (Å²) in [6, 6.07) is 6.85. The zero-order valence-electron chi connectivity index (χ0n) is 9.43. The molecule has 0 aliphatic rings. The van der Waals surface area contributed by atoms with Crippen molar-refractivity contribution in [3.63, 3.8) is 0 Å². The predicted molar refractivity (Wildman–Crippen MR) is 58.8 cm³/mol. The Morgan fingerprint density at radius 2 is 2.06 bits per heavy atom. The molecule has 0 saturated heterocycles. The minimum absolute atomic E-state index is 0.160. The first kappa shape index (κ1) is 12.7. The van der Waals surface area contributed by atoms with Gasteiger partial charge in [0.2, 0.25) is 5.60 Å². The first-order valence-electron chi connectivity index (χ1n) is 5.12. The van der Waals surface area contributed by atoms with Gasteiger partial charge < -0.3 is 14.9 Å². The van der Waals surface area contributed by atoms with Gasteiger partial charge in [0, 0.05) is 5.56 Å². The molecule has 0 aliphatic heterocycles. The maximum atomic E-state index is 11.6. The Hall–Kier alpha value is -1.39. The van der Waals surface area contributed by atoms with E-state index < -0.39 is 18.2 Å². The van der Waals surface area contributed by atoms with E-state index in [1.165, 1.54) is 0 Å². The van der Waals surface area contributed by atoms with Crippen LogP contribution in [0, 0.1) is 6.92 Å². The molecule has 1 aromatic carbocycles. The largest absolute Gasteiger partial charge is 0.464 e. The van der Waals surface area contributed by atoms with Crippen molar-refractivity contribution in [2.75, 3.05) is 13.2 Å². The highest BCUT2D eigenvalue weighted by Gasteiger charge is 2.39. The summed E-state index contributed by atoms with van der Waals surface area (Å²) >= 11 is 0. The van der Waals surface area contributed by atoms with Gasteiger partial charge in [-0.25, -0.2) is 4.79 Å². The molecule has 1 aromatic rings. The number of aryl methyl sites for hydroxylation is 1. The third kappa shape index (κ3) is 2.23. The average Bonchev–Trinajstić information content (AvgIpc) is 2.29. The third-order valence-electron chi connectivity index (χ3n) is 2.43. The van der Waals surface area contributed by atoms with Crippen LogP contribution in [0.2, 0.25) is 0 Å². The molecule has 88 valence electrons. The van der Waals surface area contributed by atoms with Gasteiger partial charge in [-0.2, -0.15) is 0 Å². The molecule has 0 spiro atoms. The van der Waals surface area contributed by atoms with Crippen LogP contribution in [-0.2, 0) is 15.1 Å². The number of esters is 1. The molecule has 0 heterocycles. The molecular formula is C12H16O4. The van der Waals surface area contributed by atoms with Crippen LogP contribution in [0.5, 0.6) is 0 Å². The Labute approximate surface area is 94.5 Å². The number of carbonyl (C=O) groups is 1. The van der Waals surface area contributed by atoms with Gasteiger partial charge in [0.15, 0.2) is 0 Å². The molecule has 0 radical (unpaired) electrons. The zero-order chi connectivity index (χ0) is 12.2. The minimum atomic E-state index is -1.97. The average molecular weight is 224 g/mol. The van der Waals surface area contributed by atoms with Gasteiger partial charge in [0.25, 0.3) is 0 Å². The molecule has 0 amide bonds. The van der Waals surface area contributed by atoms with Crippen molar-refractivity contribution in [3.8, 4) is 0 Å². The lowest BCUT2D eigenvalue weighted by molar-refractivity contribution is -0.170. The number of benzene rings is 1. The number of rotatable bonds is 4. The van der Waals surface area contributed by atoms with E-state index in [1.54, 1.807) is 38.1 Å². The lowest BCUT2D eigenvalue weighted by atomic mass is 9.91. The first-order chi connectivity index (χ1) is 7.56. The van der Waals surface area contributed by atoms with Crippen LogP contribution < -0.4 is 0 Å².